The molecular weight excluding hydrogens is 325 g/mol. The molecule has 1 aromatic carbocycles. The molecule has 5 nitrogen and oxygen atoms in total. The van der Waals surface area contributed by atoms with Crippen molar-refractivity contribution in [1.29, 1.82) is 0 Å². The van der Waals surface area contributed by atoms with E-state index in [1.54, 1.807) is 0 Å². The topological polar surface area (TPSA) is 78.4 Å². The molecule has 1 aliphatic rings. The number of nitrogens with one attached hydrogen (secondary N) is 2. The lowest BCUT2D eigenvalue weighted by Crippen LogP contribution is -2.44. The minimum atomic E-state index is -4.54. The summed E-state index contributed by atoms with van der Waals surface area (Å²) in [5.41, 5.74) is -1.98. The molecule has 0 unspecified atom stereocenters. The molecule has 1 aliphatic carbocycles. The molecule has 1 fully saturated rings. The summed E-state index contributed by atoms with van der Waals surface area (Å²) >= 11 is 0. The van der Waals surface area contributed by atoms with Crippen LogP contribution in [0.5, 0.6) is 0 Å². The predicted molar refractivity (Wildman–Crippen MR) is 81.2 cm³/mol. The van der Waals surface area contributed by atoms with Crippen molar-refractivity contribution in [2.45, 2.75) is 44.4 Å². The van der Waals surface area contributed by atoms with E-state index in [1.807, 2.05) is 0 Å². The molecule has 0 heterocycles. The molecule has 3 N–H and O–H groups in total. The summed E-state index contributed by atoms with van der Waals surface area (Å²) < 4.78 is 38.5. The molecule has 0 bridgehead atoms. The normalized spacial score (nSPS) is 16.7. The minimum Gasteiger partial charge on any atom is -0.388 e. The van der Waals surface area contributed by atoms with Gasteiger partial charge in [-0.05, 0) is 37.5 Å². The molecule has 0 saturated heterocycles. The monoisotopic (exact) mass is 344 g/mol. The summed E-state index contributed by atoms with van der Waals surface area (Å²) in [6, 6.07) is 3.29. The van der Waals surface area contributed by atoms with Crippen molar-refractivity contribution >= 4 is 17.5 Å². The van der Waals surface area contributed by atoms with Crippen LogP contribution >= 0.6 is 0 Å². The highest BCUT2D eigenvalue weighted by atomic mass is 19.4. The van der Waals surface area contributed by atoms with Gasteiger partial charge < -0.3 is 15.7 Å². The Labute approximate surface area is 137 Å². The first-order valence-corrected chi connectivity index (χ1v) is 7.60. The molecule has 0 aliphatic heterocycles. The smallest absolute Gasteiger partial charge is 0.388 e. The number of anilines is 1. The summed E-state index contributed by atoms with van der Waals surface area (Å²) in [7, 11) is 0. The molecule has 24 heavy (non-hydrogen) atoms. The predicted octanol–water partition coefficient (Wildman–Crippen LogP) is 2.37. The van der Waals surface area contributed by atoms with Crippen LogP contribution in [0.1, 0.15) is 36.8 Å². The molecule has 2 amide bonds. The average Bonchev–Trinajstić information content (AvgIpc) is 2.93. The largest absolute Gasteiger partial charge is 0.416 e. The molecule has 0 aromatic heterocycles. The van der Waals surface area contributed by atoms with Gasteiger partial charge in [-0.25, -0.2) is 0 Å². The van der Waals surface area contributed by atoms with E-state index in [0.29, 0.717) is 12.8 Å². The van der Waals surface area contributed by atoms with E-state index in [-0.39, 0.29) is 17.8 Å². The zero-order valence-corrected chi connectivity index (χ0v) is 13.2. The third kappa shape index (κ3) is 4.47. The van der Waals surface area contributed by atoms with Crippen molar-refractivity contribution in [3.05, 3.63) is 29.3 Å². The SMILES string of the molecule is Cc1ccc(NC(=O)C(=O)NCC2(O)CCCC2)cc1C(F)(F)F. The van der Waals surface area contributed by atoms with E-state index in [9.17, 15) is 27.9 Å². The van der Waals surface area contributed by atoms with Gasteiger partial charge in [0.25, 0.3) is 0 Å². The van der Waals surface area contributed by atoms with Gasteiger partial charge in [0.15, 0.2) is 0 Å². The van der Waals surface area contributed by atoms with Gasteiger partial charge in [0.05, 0.1) is 11.2 Å². The Hall–Kier alpha value is -2.09. The number of carbonyl (C=O) groups is 2. The second-order valence-corrected chi connectivity index (χ2v) is 6.10. The number of halogens is 3. The minimum absolute atomic E-state index is 0.0217. The summed E-state index contributed by atoms with van der Waals surface area (Å²) in [5, 5.41) is 14.6. The molecule has 0 radical (unpaired) electrons. The van der Waals surface area contributed by atoms with Crippen LogP contribution < -0.4 is 10.6 Å². The van der Waals surface area contributed by atoms with E-state index in [2.05, 4.69) is 10.6 Å². The summed E-state index contributed by atoms with van der Waals surface area (Å²) in [6.07, 6.45) is -1.76. The molecule has 8 heteroatoms. The first-order valence-electron chi connectivity index (χ1n) is 7.60. The lowest BCUT2D eigenvalue weighted by Gasteiger charge is -2.22. The zero-order chi connectivity index (χ0) is 18.0. The third-order valence-electron chi connectivity index (χ3n) is 4.12. The van der Waals surface area contributed by atoms with Gasteiger partial charge in [-0.3, -0.25) is 9.59 Å². The molecule has 0 atom stereocenters. The standard InChI is InChI=1S/C16H19F3N2O3/c1-10-4-5-11(8-12(10)16(17,18)19)21-14(23)13(22)20-9-15(24)6-2-3-7-15/h4-5,8,24H,2-3,6-7,9H2,1H3,(H,20,22)(H,21,23). The Morgan fingerprint density at radius 2 is 1.83 bits per heavy atom. The maximum Gasteiger partial charge on any atom is 0.416 e. The number of aryl methyl sites for hydroxylation is 1. The van der Waals surface area contributed by atoms with Crippen molar-refractivity contribution in [3.63, 3.8) is 0 Å². The third-order valence-corrected chi connectivity index (χ3v) is 4.12. The van der Waals surface area contributed by atoms with Crippen LogP contribution in [0.3, 0.4) is 0 Å². The van der Waals surface area contributed by atoms with E-state index in [4.69, 9.17) is 0 Å². The summed E-state index contributed by atoms with van der Waals surface area (Å²) in [5.74, 6) is -2.07. The highest BCUT2D eigenvalue weighted by molar-refractivity contribution is 6.39. The highest BCUT2D eigenvalue weighted by Gasteiger charge is 2.33. The quantitative estimate of drug-likeness (QED) is 0.737. The maximum absolute atomic E-state index is 12.8. The van der Waals surface area contributed by atoms with Crippen LogP contribution in [-0.2, 0) is 15.8 Å². The van der Waals surface area contributed by atoms with Gasteiger partial charge in [-0.15, -0.1) is 0 Å². The van der Waals surface area contributed by atoms with Gasteiger partial charge in [-0.2, -0.15) is 13.2 Å². The lowest BCUT2D eigenvalue weighted by atomic mass is 10.0. The number of alkyl halides is 3. The highest BCUT2D eigenvalue weighted by Crippen LogP contribution is 2.33. The molecular formula is C16H19F3N2O3. The van der Waals surface area contributed by atoms with Gasteiger partial charge in [0.1, 0.15) is 0 Å². The second kappa shape index (κ2) is 6.80. The van der Waals surface area contributed by atoms with Crippen LogP contribution in [0, 0.1) is 6.92 Å². The fraction of sp³-hybridized carbons (Fsp3) is 0.500. The fourth-order valence-corrected chi connectivity index (χ4v) is 2.73. The van der Waals surface area contributed by atoms with Crippen molar-refractivity contribution < 1.29 is 27.9 Å². The molecule has 2 rings (SSSR count). The number of carbonyl (C=O) groups excluding carboxylic acids is 2. The Balaban J connectivity index is 1.97. The first kappa shape index (κ1) is 18.3. The summed E-state index contributed by atoms with van der Waals surface area (Å²) in [6.45, 7) is 1.25. The molecule has 132 valence electrons. The zero-order valence-electron chi connectivity index (χ0n) is 13.2. The van der Waals surface area contributed by atoms with Crippen LogP contribution in [0.4, 0.5) is 18.9 Å². The lowest BCUT2D eigenvalue weighted by molar-refractivity contribution is -0.138. The number of rotatable bonds is 3. The average molecular weight is 344 g/mol. The van der Waals surface area contributed by atoms with E-state index < -0.39 is 29.2 Å². The van der Waals surface area contributed by atoms with Crippen molar-refractivity contribution in [3.8, 4) is 0 Å². The Morgan fingerprint density at radius 3 is 2.42 bits per heavy atom. The van der Waals surface area contributed by atoms with Crippen molar-refractivity contribution in [2.24, 2.45) is 0 Å². The first-order chi connectivity index (χ1) is 11.1. The van der Waals surface area contributed by atoms with Gasteiger partial charge in [0.2, 0.25) is 0 Å². The maximum atomic E-state index is 12.8. The number of aliphatic hydroxyl groups is 1. The van der Waals surface area contributed by atoms with Crippen LogP contribution in [-0.4, -0.2) is 29.1 Å². The Bertz CT molecular complexity index is 638. The summed E-state index contributed by atoms with van der Waals surface area (Å²) in [4.78, 5) is 23.5. The molecule has 1 aromatic rings. The van der Waals surface area contributed by atoms with Gasteiger partial charge in [0, 0.05) is 12.2 Å². The van der Waals surface area contributed by atoms with E-state index in [0.717, 1.165) is 18.9 Å². The van der Waals surface area contributed by atoms with Crippen molar-refractivity contribution in [2.75, 3.05) is 11.9 Å². The van der Waals surface area contributed by atoms with Crippen LogP contribution in [0.25, 0.3) is 0 Å². The fourth-order valence-electron chi connectivity index (χ4n) is 2.73. The molecule has 1 saturated carbocycles. The second-order valence-electron chi connectivity index (χ2n) is 6.10. The van der Waals surface area contributed by atoms with Crippen LogP contribution in [0.2, 0.25) is 0 Å². The van der Waals surface area contributed by atoms with Gasteiger partial charge in [-0.1, -0.05) is 18.9 Å². The van der Waals surface area contributed by atoms with E-state index >= 15 is 0 Å². The van der Waals surface area contributed by atoms with Crippen molar-refractivity contribution in [1.82, 2.24) is 5.32 Å². The van der Waals surface area contributed by atoms with E-state index in [1.165, 1.54) is 19.1 Å². The number of benzene rings is 1. The number of hydrogen-bond acceptors (Lipinski definition) is 3. The number of hydrogen-bond donors (Lipinski definition) is 3. The van der Waals surface area contributed by atoms with Gasteiger partial charge >= 0.3 is 18.0 Å². The van der Waals surface area contributed by atoms with Crippen LogP contribution in [0.15, 0.2) is 18.2 Å². The Morgan fingerprint density at radius 1 is 1.21 bits per heavy atom. The molecule has 0 spiro atoms. The Kier molecular flexibility index (Phi) is 5.17. The number of amides is 2.